The van der Waals surface area contributed by atoms with Crippen molar-refractivity contribution in [3.63, 3.8) is 0 Å². The van der Waals surface area contributed by atoms with Crippen molar-refractivity contribution in [2.24, 2.45) is 0 Å². The lowest BCUT2D eigenvalue weighted by Gasteiger charge is -2.00. The third kappa shape index (κ3) is 3.65. The van der Waals surface area contributed by atoms with Gasteiger partial charge in [0.2, 0.25) is 0 Å². The first kappa shape index (κ1) is 12.3. The van der Waals surface area contributed by atoms with E-state index >= 15 is 0 Å². The van der Waals surface area contributed by atoms with E-state index in [0.29, 0.717) is 5.75 Å². The normalized spacial score (nSPS) is 10.9. The van der Waals surface area contributed by atoms with E-state index in [2.05, 4.69) is 15.9 Å². The molecule has 2 rings (SSSR count). The van der Waals surface area contributed by atoms with Crippen molar-refractivity contribution in [3.8, 4) is 5.75 Å². The molecule has 0 aliphatic rings. The van der Waals surface area contributed by atoms with Gasteiger partial charge >= 0.3 is 0 Å². The molecule has 1 nitrogen and oxygen atoms in total. The van der Waals surface area contributed by atoms with Gasteiger partial charge in [-0.25, -0.2) is 0 Å². The Morgan fingerprint density at radius 1 is 1.06 bits per heavy atom. The lowest BCUT2D eigenvalue weighted by molar-refractivity contribution is 0.462. The number of aromatic hydroxyl groups is 1. The second-order valence-corrected chi connectivity index (χ2v) is 5.31. The molecule has 0 spiro atoms. The summed E-state index contributed by atoms with van der Waals surface area (Å²) >= 11 is 4.81. The van der Waals surface area contributed by atoms with Crippen LogP contribution in [0, 0.1) is 0 Å². The van der Waals surface area contributed by atoms with Gasteiger partial charge in [-0.1, -0.05) is 58.0 Å². The SMILES string of the molecule is Oc1cc(Br)ccc1S/C=C/c1ccccc1. The molecule has 0 aliphatic heterocycles. The Bertz CT molecular complexity index is 523. The molecule has 0 saturated carbocycles. The summed E-state index contributed by atoms with van der Waals surface area (Å²) < 4.78 is 0.881. The molecule has 0 amide bonds. The van der Waals surface area contributed by atoms with Gasteiger partial charge in [0.15, 0.2) is 0 Å². The number of hydrogen-bond acceptors (Lipinski definition) is 2. The van der Waals surface area contributed by atoms with Crippen molar-refractivity contribution in [1.29, 1.82) is 0 Å². The maximum Gasteiger partial charge on any atom is 0.130 e. The molecule has 0 saturated heterocycles. The van der Waals surface area contributed by atoms with Gasteiger partial charge in [-0.15, -0.1) is 0 Å². The molecule has 0 aliphatic carbocycles. The Labute approximate surface area is 113 Å². The molecule has 86 valence electrons. The number of phenols is 1. The van der Waals surface area contributed by atoms with E-state index in [1.807, 2.05) is 53.9 Å². The fourth-order valence-electron chi connectivity index (χ4n) is 1.34. The summed E-state index contributed by atoms with van der Waals surface area (Å²) in [5.41, 5.74) is 1.15. The Morgan fingerprint density at radius 2 is 1.82 bits per heavy atom. The lowest BCUT2D eigenvalue weighted by atomic mass is 10.2. The Morgan fingerprint density at radius 3 is 2.53 bits per heavy atom. The predicted molar refractivity (Wildman–Crippen MR) is 77.1 cm³/mol. The highest BCUT2D eigenvalue weighted by Crippen LogP contribution is 2.31. The minimum atomic E-state index is 0.294. The number of thioether (sulfide) groups is 1. The number of benzene rings is 2. The van der Waals surface area contributed by atoms with Crippen molar-refractivity contribution in [2.45, 2.75) is 4.90 Å². The van der Waals surface area contributed by atoms with E-state index in [1.165, 1.54) is 11.8 Å². The van der Waals surface area contributed by atoms with E-state index < -0.39 is 0 Å². The fourth-order valence-corrected chi connectivity index (χ4v) is 2.39. The van der Waals surface area contributed by atoms with Gasteiger partial charge in [-0.2, -0.15) is 0 Å². The number of halogens is 1. The zero-order valence-electron chi connectivity index (χ0n) is 9.01. The van der Waals surface area contributed by atoms with Crippen molar-refractivity contribution in [3.05, 3.63) is 64.0 Å². The largest absolute Gasteiger partial charge is 0.507 e. The summed E-state index contributed by atoms with van der Waals surface area (Å²) in [6.45, 7) is 0. The second-order valence-electron chi connectivity index (χ2n) is 3.44. The van der Waals surface area contributed by atoms with Gasteiger partial charge in [-0.3, -0.25) is 0 Å². The minimum absolute atomic E-state index is 0.294. The van der Waals surface area contributed by atoms with Crippen molar-refractivity contribution >= 4 is 33.8 Å². The predicted octanol–water partition coefficient (Wildman–Crippen LogP) is 4.92. The molecule has 2 aromatic carbocycles. The molecule has 2 aromatic rings. The standard InChI is InChI=1S/C14H11BrOS/c15-12-6-7-14(13(16)10-12)17-9-8-11-4-2-1-3-5-11/h1-10,16H/b9-8+. The van der Waals surface area contributed by atoms with Gasteiger partial charge in [0, 0.05) is 4.47 Å². The number of rotatable bonds is 3. The van der Waals surface area contributed by atoms with E-state index in [4.69, 9.17) is 0 Å². The van der Waals surface area contributed by atoms with Crippen LogP contribution >= 0.6 is 27.7 Å². The first-order valence-electron chi connectivity index (χ1n) is 5.12. The van der Waals surface area contributed by atoms with Crippen LogP contribution in [0.15, 0.2) is 63.3 Å². The van der Waals surface area contributed by atoms with E-state index in [9.17, 15) is 5.11 Å². The molecule has 0 atom stereocenters. The van der Waals surface area contributed by atoms with E-state index in [1.54, 1.807) is 6.07 Å². The Hall–Kier alpha value is -1.19. The maximum absolute atomic E-state index is 9.70. The summed E-state index contributed by atoms with van der Waals surface area (Å²) in [4.78, 5) is 0.848. The van der Waals surface area contributed by atoms with Crippen LogP contribution in [-0.4, -0.2) is 5.11 Å². The van der Waals surface area contributed by atoms with Crippen LogP contribution in [0.3, 0.4) is 0 Å². The van der Waals surface area contributed by atoms with Crippen LogP contribution in [-0.2, 0) is 0 Å². The Balaban J connectivity index is 2.05. The van der Waals surface area contributed by atoms with E-state index in [-0.39, 0.29) is 0 Å². The number of phenolic OH excluding ortho intramolecular Hbond substituents is 1. The monoisotopic (exact) mass is 306 g/mol. The van der Waals surface area contributed by atoms with Crippen molar-refractivity contribution in [1.82, 2.24) is 0 Å². The third-order valence-corrected chi connectivity index (χ3v) is 3.54. The van der Waals surface area contributed by atoms with Crippen molar-refractivity contribution < 1.29 is 5.11 Å². The van der Waals surface area contributed by atoms with E-state index in [0.717, 1.165) is 14.9 Å². The summed E-state index contributed by atoms with van der Waals surface area (Å²) in [5, 5.41) is 11.7. The second kappa shape index (κ2) is 5.94. The summed E-state index contributed by atoms with van der Waals surface area (Å²) in [7, 11) is 0. The topological polar surface area (TPSA) is 20.2 Å². The van der Waals surface area contributed by atoms with Crippen LogP contribution in [0.4, 0.5) is 0 Å². The van der Waals surface area contributed by atoms with Gasteiger partial charge in [0.05, 0.1) is 4.90 Å². The lowest BCUT2D eigenvalue weighted by Crippen LogP contribution is -1.72. The van der Waals surface area contributed by atoms with Crippen molar-refractivity contribution in [2.75, 3.05) is 0 Å². The van der Waals surface area contributed by atoms with Gasteiger partial charge in [0.25, 0.3) is 0 Å². The zero-order chi connectivity index (χ0) is 12.1. The van der Waals surface area contributed by atoms with Crippen LogP contribution in [0.25, 0.3) is 6.08 Å². The highest BCUT2D eigenvalue weighted by Gasteiger charge is 1.99. The highest BCUT2D eigenvalue weighted by atomic mass is 79.9. The number of hydrogen-bond donors (Lipinski definition) is 1. The van der Waals surface area contributed by atoms with Crippen LogP contribution in [0.1, 0.15) is 5.56 Å². The summed E-state index contributed by atoms with van der Waals surface area (Å²) in [6, 6.07) is 15.6. The quantitative estimate of drug-likeness (QED) is 0.812. The molecular formula is C14H11BrOS. The molecule has 17 heavy (non-hydrogen) atoms. The van der Waals surface area contributed by atoms with Crippen LogP contribution < -0.4 is 0 Å². The molecule has 0 radical (unpaired) electrons. The molecule has 0 fully saturated rings. The average Bonchev–Trinajstić information content (AvgIpc) is 2.33. The first-order chi connectivity index (χ1) is 8.25. The zero-order valence-corrected chi connectivity index (χ0v) is 11.4. The highest BCUT2D eigenvalue weighted by molar-refractivity contribution is 9.10. The van der Waals surface area contributed by atoms with Gasteiger partial charge in [-0.05, 0) is 35.2 Å². The molecule has 3 heteroatoms. The molecule has 1 N–H and O–H groups in total. The molecule has 0 unspecified atom stereocenters. The molecular weight excluding hydrogens is 296 g/mol. The van der Waals surface area contributed by atoms with Crippen LogP contribution in [0.2, 0.25) is 0 Å². The summed E-state index contributed by atoms with van der Waals surface area (Å²) in [5.74, 6) is 0.294. The Kier molecular flexibility index (Phi) is 4.29. The first-order valence-corrected chi connectivity index (χ1v) is 6.80. The maximum atomic E-state index is 9.70. The minimum Gasteiger partial charge on any atom is -0.507 e. The fraction of sp³-hybridized carbons (Fsp3) is 0. The van der Waals surface area contributed by atoms with Gasteiger partial charge in [0.1, 0.15) is 5.75 Å². The van der Waals surface area contributed by atoms with Crippen LogP contribution in [0.5, 0.6) is 5.75 Å². The van der Waals surface area contributed by atoms with Gasteiger partial charge < -0.3 is 5.11 Å². The molecule has 0 aromatic heterocycles. The third-order valence-electron chi connectivity index (χ3n) is 2.18. The summed E-state index contributed by atoms with van der Waals surface area (Å²) in [6.07, 6.45) is 2.02. The smallest absolute Gasteiger partial charge is 0.130 e. The molecule has 0 bridgehead atoms. The molecule has 0 heterocycles. The average molecular weight is 307 g/mol.